The SMILES string of the molecule is CC[C@@H]1O[C@H](C)[C@@H](OC)[C@H](OC)[C@H]1OC. The zero-order valence-electron chi connectivity index (χ0n) is 10.2. The van der Waals surface area contributed by atoms with Crippen LogP contribution in [0.5, 0.6) is 0 Å². The lowest BCUT2D eigenvalue weighted by Gasteiger charge is -2.43. The largest absolute Gasteiger partial charge is 0.376 e. The van der Waals surface area contributed by atoms with E-state index >= 15 is 0 Å². The average Bonchev–Trinajstić information content (AvgIpc) is 2.27. The van der Waals surface area contributed by atoms with E-state index in [0.29, 0.717) is 0 Å². The van der Waals surface area contributed by atoms with Crippen molar-refractivity contribution in [2.75, 3.05) is 21.3 Å². The lowest BCUT2D eigenvalue weighted by atomic mass is 9.94. The van der Waals surface area contributed by atoms with Gasteiger partial charge in [-0.3, -0.25) is 0 Å². The third kappa shape index (κ3) is 2.50. The van der Waals surface area contributed by atoms with Crippen LogP contribution in [0.1, 0.15) is 20.3 Å². The highest BCUT2D eigenvalue weighted by Gasteiger charge is 2.44. The van der Waals surface area contributed by atoms with E-state index in [2.05, 4.69) is 6.92 Å². The maximum absolute atomic E-state index is 5.84. The first-order chi connectivity index (χ1) is 7.19. The molecule has 1 aliphatic heterocycles. The Morgan fingerprint density at radius 2 is 1.47 bits per heavy atom. The molecule has 0 aromatic carbocycles. The molecule has 4 heteroatoms. The van der Waals surface area contributed by atoms with Gasteiger partial charge in [0.1, 0.15) is 18.3 Å². The van der Waals surface area contributed by atoms with E-state index < -0.39 is 0 Å². The summed E-state index contributed by atoms with van der Waals surface area (Å²) in [5.74, 6) is 0. The van der Waals surface area contributed by atoms with Gasteiger partial charge in [0, 0.05) is 21.3 Å². The summed E-state index contributed by atoms with van der Waals surface area (Å²) in [7, 11) is 5.05. The third-order valence-electron chi connectivity index (χ3n) is 3.08. The molecule has 0 bridgehead atoms. The molecule has 0 N–H and O–H groups in total. The van der Waals surface area contributed by atoms with E-state index in [9.17, 15) is 0 Å². The lowest BCUT2D eigenvalue weighted by Crippen LogP contribution is -2.58. The monoisotopic (exact) mass is 218 g/mol. The van der Waals surface area contributed by atoms with E-state index in [-0.39, 0.29) is 30.5 Å². The van der Waals surface area contributed by atoms with E-state index in [1.165, 1.54) is 0 Å². The predicted molar refractivity (Wildman–Crippen MR) is 57.0 cm³/mol. The first-order valence-electron chi connectivity index (χ1n) is 5.43. The molecule has 0 radical (unpaired) electrons. The number of hydrogen-bond donors (Lipinski definition) is 0. The minimum Gasteiger partial charge on any atom is -0.376 e. The van der Waals surface area contributed by atoms with Crippen LogP contribution < -0.4 is 0 Å². The van der Waals surface area contributed by atoms with Gasteiger partial charge in [-0.2, -0.15) is 0 Å². The molecule has 4 nitrogen and oxygen atoms in total. The summed E-state index contributed by atoms with van der Waals surface area (Å²) in [6, 6.07) is 0. The fourth-order valence-electron chi connectivity index (χ4n) is 2.30. The van der Waals surface area contributed by atoms with Crippen molar-refractivity contribution in [2.24, 2.45) is 0 Å². The quantitative estimate of drug-likeness (QED) is 0.711. The van der Waals surface area contributed by atoms with Crippen LogP contribution in [0.3, 0.4) is 0 Å². The van der Waals surface area contributed by atoms with Crippen molar-refractivity contribution in [2.45, 2.75) is 50.8 Å². The number of rotatable bonds is 4. The van der Waals surface area contributed by atoms with Gasteiger partial charge in [-0.25, -0.2) is 0 Å². The Labute approximate surface area is 91.8 Å². The summed E-state index contributed by atoms with van der Waals surface area (Å²) in [6.45, 7) is 4.10. The minimum atomic E-state index is -0.0669. The Bertz CT molecular complexity index is 185. The number of hydrogen-bond acceptors (Lipinski definition) is 4. The van der Waals surface area contributed by atoms with Crippen LogP contribution in [0.2, 0.25) is 0 Å². The van der Waals surface area contributed by atoms with Crippen LogP contribution in [0, 0.1) is 0 Å². The van der Waals surface area contributed by atoms with Gasteiger partial charge >= 0.3 is 0 Å². The van der Waals surface area contributed by atoms with Crippen molar-refractivity contribution in [3.05, 3.63) is 0 Å². The van der Waals surface area contributed by atoms with Gasteiger partial charge in [-0.1, -0.05) is 6.92 Å². The second-order valence-electron chi connectivity index (χ2n) is 3.89. The molecule has 5 atom stereocenters. The van der Waals surface area contributed by atoms with Crippen LogP contribution in [0.4, 0.5) is 0 Å². The van der Waals surface area contributed by atoms with Gasteiger partial charge in [0.15, 0.2) is 0 Å². The fraction of sp³-hybridized carbons (Fsp3) is 1.00. The van der Waals surface area contributed by atoms with Crippen LogP contribution in [-0.4, -0.2) is 51.8 Å². The molecule has 0 amide bonds. The second-order valence-corrected chi connectivity index (χ2v) is 3.89. The number of ether oxygens (including phenoxy) is 4. The van der Waals surface area contributed by atoms with Gasteiger partial charge in [0.2, 0.25) is 0 Å². The third-order valence-corrected chi connectivity index (χ3v) is 3.08. The Hall–Kier alpha value is -0.160. The van der Waals surface area contributed by atoms with Crippen molar-refractivity contribution in [3.63, 3.8) is 0 Å². The highest BCUT2D eigenvalue weighted by Crippen LogP contribution is 2.28. The predicted octanol–water partition coefficient (Wildman–Crippen LogP) is 1.23. The van der Waals surface area contributed by atoms with Crippen LogP contribution >= 0.6 is 0 Å². The molecule has 1 heterocycles. The lowest BCUT2D eigenvalue weighted by molar-refractivity contribution is -0.238. The van der Waals surface area contributed by atoms with Gasteiger partial charge in [0.05, 0.1) is 12.2 Å². The van der Waals surface area contributed by atoms with Gasteiger partial charge in [-0.15, -0.1) is 0 Å². The van der Waals surface area contributed by atoms with Crippen LogP contribution in [0.15, 0.2) is 0 Å². The molecule has 15 heavy (non-hydrogen) atoms. The summed E-state index contributed by atoms with van der Waals surface area (Å²) in [5, 5.41) is 0. The normalized spacial score (nSPS) is 41.8. The zero-order valence-corrected chi connectivity index (χ0v) is 10.2. The molecule has 0 spiro atoms. The molecule has 0 aromatic rings. The Morgan fingerprint density at radius 1 is 0.933 bits per heavy atom. The van der Waals surface area contributed by atoms with Crippen LogP contribution in [0.25, 0.3) is 0 Å². The number of methoxy groups -OCH3 is 3. The molecular weight excluding hydrogens is 196 g/mol. The van der Waals surface area contributed by atoms with E-state index in [1.54, 1.807) is 21.3 Å². The molecule has 0 aliphatic carbocycles. The van der Waals surface area contributed by atoms with Gasteiger partial charge < -0.3 is 18.9 Å². The maximum Gasteiger partial charge on any atom is 0.114 e. The molecule has 1 saturated heterocycles. The maximum atomic E-state index is 5.84. The summed E-state index contributed by atoms with van der Waals surface area (Å²) in [6.07, 6.45) is 0.856. The van der Waals surface area contributed by atoms with Gasteiger partial charge in [0.25, 0.3) is 0 Å². The van der Waals surface area contributed by atoms with Gasteiger partial charge in [-0.05, 0) is 13.3 Å². The van der Waals surface area contributed by atoms with Crippen molar-refractivity contribution < 1.29 is 18.9 Å². The van der Waals surface area contributed by atoms with E-state index in [1.807, 2.05) is 6.92 Å². The smallest absolute Gasteiger partial charge is 0.114 e. The first-order valence-corrected chi connectivity index (χ1v) is 5.43. The molecule has 0 aromatic heterocycles. The summed E-state index contributed by atoms with van der Waals surface area (Å²) in [4.78, 5) is 0. The van der Waals surface area contributed by atoms with E-state index in [0.717, 1.165) is 6.42 Å². The molecule has 0 unspecified atom stereocenters. The summed E-state index contributed by atoms with van der Waals surface area (Å²) in [5.41, 5.74) is 0. The standard InChI is InChI=1S/C11H22O4/c1-6-8-10(13-4)11(14-5)9(12-3)7(2)15-8/h7-11H,6H2,1-5H3/t7-,8+,9-,10+,11+/m1/s1. The summed E-state index contributed by atoms with van der Waals surface area (Å²) >= 11 is 0. The summed E-state index contributed by atoms with van der Waals surface area (Å²) < 4.78 is 22.2. The topological polar surface area (TPSA) is 36.9 Å². The zero-order chi connectivity index (χ0) is 11.4. The first kappa shape index (κ1) is 12.9. The molecule has 0 saturated carbocycles. The second kappa shape index (κ2) is 5.80. The molecule has 90 valence electrons. The van der Waals surface area contributed by atoms with Crippen molar-refractivity contribution >= 4 is 0 Å². The van der Waals surface area contributed by atoms with Crippen molar-refractivity contribution in [3.8, 4) is 0 Å². The Balaban J connectivity index is 2.80. The Kier molecular flexibility index (Phi) is 4.99. The fourth-order valence-corrected chi connectivity index (χ4v) is 2.30. The van der Waals surface area contributed by atoms with Crippen LogP contribution in [-0.2, 0) is 18.9 Å². The highest BCUT2D eigenvalue weighted by atomic mass is 16.6. The van der Waals surface area contributed by atoms with Crippen molar-refractivity contribution in [1.82, 2.24) is 0 Å². The minimum absolute atomic E-state index is 0.0382. The van der Waals surface area contributed by atoms with Crippen molar-refractivity contribution in [1.29, 1.82) is 0 Å². The average molecular weight is 218 g/mol. The molecule has 1 rings (SSSR count). The van der Waals surface area contributed by atoms with E-state index in [4.69, 9.17) is 18.9 Å². The highest BCUT2D eigenvalue weighted by molar-refractivity contribution is 4.92. The molecule has 1 fully saturated rings. The molecule has 1 aliphatic rings. The molecular formula is C11H22O4. The Morgan fingerprint density at radius 3 is 1.87 bits per heavy atom.